The van der Waals surface area contributed by atoms with Gasteiger partial charge in [0.15, 0.2) is 0 Å². The molecule has 6 nitrogen and oxygen atoms in total. The number of anilines is 1. The quantitative estimate of drug-likeness (QED) is 0.745. The van der Waals surface area contributed by atoms with Gasteiger partial charge >= 0.3 is 6.09 Å². The average molecular weight is 406 g/mol. The van der Waals surface area contributed by atoms with Gasteiger partial charge in [-0.25, -0.2) is 4.79 Å². The SMILES string of the molecule is Cc1[c-]c(C2CCC(=O)NC2)c(C)cc1N1C[C@H](CO)OC1=O.[Y]. The van der Waals surface area contributed by atoms with Crippen molar-refractivity contribution in [3.63, 3.8) is 0 Å². The Morgan fingerprint density at radius 1 is 1.42 bits per heavy atom. The molecule has 2 atom stereocenters. The van der Waals surface area contributed by atoms with Crippen molar-refractivity contribution in [1.29, 1.82) is 0 Å². The van der Waals surface area contributed by atoms with Crippen molar-refractivity contribution in [2.45, 2.75) is 38.7 Å². The van der Waals surface area contributed by atoms with Crippen molar-refractivity contribution in [3.8, 4) is 0 Å². The normalized spacial score (nSPS) is 23.5. The second-order valence-electron chi connectivity index (χ2n) is 6.21. The number of amides is 2. The standard InChI is InChI=1S/C17H21N2O4.Y/c1-10-6-15(19-8-13(9-20)23-17(19)22)11(2)5-14(10)12-3-4-16(21)18-7-12;/h6,12-13,20H,3-4,7-9H2,1-2H3,(H,18,21);/q-1;/t12?,13-;/m1./s1. The number of piperidine rings is 1. The van der Waals surface area contributed by atoms with Crippen LogP contribution >= 0.6 is 0 Å². The van der Waals surface area contributed by atoms with E-state index in [-0.39, 0.29) is 51.1 Å². The van der Waals surface area contributed by atoms with Gasteiger partial charge in [-0.2, -0.15) is 17.2 Å². The second kappa shape index (κ2) is 7.94. The maximum Gasteiger partial charge on any atom is 0.403 e. The third kappa shape index (κ3) is 3.81. The van der Waals surface area contributed by atoms with Gasteiger partial charge in [-0.1, -0.05) is 19.5 Å². The number of hydrogen-bond acceptors (Lipinski definition) is 4. The van der Waals surface area contributed by atoms with Gasteiger partial charge in [0.1, 0.15) is 6.10 Å². The van der Waals surface area contributed by atoms with Gasteiger partial charge in [0, 0.05) is 45.7 Å². The molecule has 2 aliphatic rings. The number of nitrogens with one attached hydrogen (secondary N) is 1. The molecule has 1 unspecified atom stereocenters. The molecule has 127 valence electrons. The first kappa shape index (κ1) is 19.3. The van der Waals surface area contributed by atoms with Crippen LogP contribution in [0, 0.1) is 19.9 Å². The number of nitrogens with zero attached hydrogens (tertiary/aromatic N) is 1. The van der Waals surface area contributed by atoms with Gasteiger partial charge in [0.25, 0.3) is 0 Å². The van der Waals surface area contributed by atoms with Gasteiger partial charge in [-0.3, -0.25) is 4.79 Å². The molecule has 1 aromatic carbocycles. The van der Waals surface area contributed by atoms with E-state index < -0.39 is 12.2 Å². The summed E-state index contributed by atoms with van der Waals surface area (Å²) in [7, 11) is 0. The van der Waals surface area contributed by atoms with Crippen LogP contribution in [-0.2, 0) is 42.2 Å². The molecule has 2 N–H and O–H groups in total. The van der Waals surface area contributed by atoms with E-state index >= 15 is 0 Å². The topological polar surface area (TPSA) is 78.9 Å². The predicted octanol–water partition coefficient (Wildman–Crippen LogP) is 1.41. The number of ether oxygens (including phenoxy) is 1. The number of aliphatic hydroxyl groups excluding tert-OH is 1. The Balaban J connectivity index is 0.00000208. The summed E-state index contributed by atoms with van der Waals surface area (Å²) >= 11 is 0. The van der Waals surface area contributed by atoms with Crippen molar-refractivity contribution >= 4 is 17.7 Å². The van der Waals surface area contributed by atoms with Gasteiger partial charge in [0.2, 0.25) is 5.91 Å². The minimum Gasteiger partial charge on any atom is -0.442 e. The van der Waals surface area contributed by atoms with Crippen LogP contribution in [0.15, 0.2) is 6.07 Å². The van der Waals surface area contributed by atoms with Crippen LogP contribution < -0.4 is 10.2 Å². The fourth-order valence-corrected chi connectivity index (χ4v) is 3.25. The number of rotatable bonds is 3. The summed E-state index contributed by atoms with van der Waals surface area (Å²) in [6.45, 7) is 4.72. The van der Waals surface area contributed by atoms with Crippen LogP contribution in [0.3, 0.4) is 0 Å². The van der Waals surface area contributed by atoms with Crippen molar-refractivity contribution in [3.05, 3.63) is 28.8 Å². The van der Waals surface area contributed by atoms with E-state index in [0.717, 1.165) is 28.8 Å². The molecule has 0 saturated carbocycles. The Morgan fingerprint density at radius 3 is 2.75 bits per heavy atom. The first-order valence-corrected chi connectivity index (χ1v) is 7.88. The minimum atomic E-state index is -0.476. The second-order valence-corrected chi connectivity index (χ2v) is 6.21. The maximum atomic E-state index is 12.0. The van der Waals surface area contributed by atoms with Crippen LogP contribution in [0.5, 0.6) is 0 Å². The van der Waals surface area contributed by atoms with Gasteiger partial charge in [0.05, 0.1) is 13.2 Å². The third-order valence-electron chi connectivity index (χ3n) is 4.53. The van der Waals surface area contributed by atoms with Crippen LogP contribution in [0.25, 0.3) is 0 Å². The molecular weight excluding hydrogens is 385 g/mol. The summed E-state index contributed by atoms with van der Waals surface area (Å²) in [5.74, 6) is 0.360. The number of aliphatic hydroxyl groups is 1. The Hall–Kier alpha value is -0.976. The van der Waals surface area contributed by atoms with Gasteiger partial charge in [-0.15, -0.1) is 11.6 Å². The monoisotopic (exact) mass is 406 g/mol. The number of aryl methyl sites for hydroxylation is 2. The summed E-state index contributed by atoms with van der Waals surface area (Å²) in [5, 5.41) is 12.1. The molecule has 2 heterocycles. The first-order valence-electron chi connectivity index (χ1n) is 7.88. The zero-order valence-corrected chi connectivity index (χ0v) is 16.8. The van der Waals surface area contributed by atoms with Crippen molar-refractivity contribution < 1.29 is 52.1 Å². The predicted molar refractivity (Wildman–Crippen MR) is 84.4 cm³/mol. The summed E-state index contributed by atoms with van der Waals surface area (Å²) in [6, 6.07) is 5.37. The number of benzene rings is 1. The Kier molecular flexibility index (Phi) is 6.40. The molecule has 0 spiro atoms. The van der Waals surface area contributed by atoms with E-state index in [1.807, 2.05) is 19.9 Å². The molecule has 2 saturated heterocycles. The molecule has 2 aliphatic heterocycles. The van der Waals surface area contributed by atoms with E-state index in [4.69, 9.17) is 9.84 Å². The van der Waals surface area contributed by atoms with Crippen molar-refractivity contribution in [2.24, 2.45) is 0 Å². The summed E-state index contributed by atoms with van der Waals surface area (Å²) in [4.78, 5) is 24.8. The Labute approximate surface area is 166 Å². The first-order chi connectivity index (χ1) is 11.0. The van der Waals surface area contributed by atoms with Crippen LogP contribution in [-0.4, -0.2) is 42.9 Å². The molecule has 2 fully saturated rings. The number of carbonyl (C=O) groups is 2. The smallest absolute Gasteiger partial charge is 0.403 e. The van der Waals surface area contributed by atoms with Gasteiger partial charge < -0.3 is 20.1 Å². The van der Waals surface area contributed by atoms with Crippen molar-refractivity contribution in [1.82, 2.24) is 5.32 Å². The summed E-state index contributed by atoms with van der Waals surface area (Å²) in [5.41, 5.74) is 3.79. The maximum absolute atomic E-state index is 12.0. The van der Waals surface area contributed by atoms with Crippen LogP contribution in [0.1, 0.15) is 35.4 Å². The molecule has 24 heavy (non-hydrogen) atoms. The molecule has 1 radical (unpaired) electrons. The van der Waals surface area contributed by atoms with E-state index in [9.17, 15) is 9.59 Å². The van der Waals surface area contributed by atoms with Gasteiger partial charge in [-0.05, 0) is 12.3 Å². The summed E-state index contributed by atoms with van der Waals surface area (Å²) in [6.07, 6.45) is 0.448. The Morgan fingerprint density at radius 2 is 2.17 bits per heavy atom. The molecule has 7 heteroatoms. The van der Waals surface area contributed by atoms with Crippen LogP contribution in [0.4, 0.5) is 10.5 Å². The minimum absolute atomic E-state index is 0. The number of carbonyl (C=O) groups excluding carboxylic acids is 2. The molecule has 3 rings (SSSR count). The fraction of sp³-hybridized carbons (Fsp3) is 0.529. The number of cyclic esters (lactones) is 1. The van der Waals surface area contributed by atoms with Crippen LogP contribution in [0.2, 0.25) is 0 Å². The van der Waals surface area contributed by atoms with E-state index in [2.05, 4.69) is 11.4 Å². The molecule has 0 aromatic heterocycles. The molecule has 0 bridgehead atoms. The largest absolute Gasteiger partial charge is 0.442 e. The Bertz CT molecular complexity index is 640. The zero-order chi connectivity index (χ0) is 16.6. The average Bonchev–Trinajstić information content (AvgIpc) is 2.91. The number of hydrogen-bond donors (Lipinski definition) is 2. The zero-order valence-electron chi connectivity index (χ0n) is 14.0. The van der Waals surface area contributed by atoms with E-state index in [0.29, 0.717) is 19.5 Å². The molecule has 0 aliphatic carbocycles. The van der Waals surface area contributed by atoms with E-state index in [1.54, 1.807) is 4.90 Å². The molecule has 2 amide bonds. The summed E-state index contributed by atoms with van der Waals surface area (Å²) < 4.78 is 5.11. The molecule has 1 aromatic rings. The molecular formula is C17H21N2O4Y-. The third-order valence-corrected chi connectivity index (χ3v) is 4.53. The van der Waals surface area contributed by atoms with E-state index in [1.165, 1.54) is 0 Å². The van der Waals surface area contributed by atoms with Crippen molar-refractivity contribution in [2.75, 3.05) is 24.6 Å². The fourth-order valence-electron chi connectivity index (χ4n) is 3.25.